The van der Waals surface area contributed by atoms with Gasteiger partial charge < -0.3 is 0 Å². The van der Waals surface area contributed by atoms with Gasteiger partial charge in [0.05, 0.1) is 14.2 Å². The molecule has 0 N–H and O–H groups in total. The largest absolute Gasteiger partial charge is 0.238 e. The average Bonchev–Trinajstić information content (AvgIpc) is 1.81. The van der Waals surface area contributed by atoms with Crippen LogP contribution in [0.5, 0.6) is 0 Å². The maximum atomic E-state index is 4.21. The molecular formula is C3H8O5. The molecule has 0 radical (unpaired) electrons. The molecule has 0 rings (SSSR count). The van der Waals surface area contributed by atoms with Crippen LogP contribution in [0.4, 0.5) is 0 Å². The van der Waals surface area contributed by atoms with Gasteiger partial charge >= 0.3 is 0 Å². The van der Waals surface area contributed by atoms with Gasteiger partial charge in [0.25, 0.3) is 0 Å². The lowest BCUT2D eigenvalue weighted by molar-refractivity contribution is -0.538. The lowest BCUT2D eigenvalue weighted by atomic mass is 11.5. The van der Waals surface area contributed by atoms with Crippen molar-refractivity contribution in [2.45, 2.75) is 0 Å². The van der Waals surface area contributed by atoms with Crippen LogP contribution in [0, 0.1) is 0 Å². The number of rotatable bonds is 5. The summed E-state index contributed by atoms with van der Waals surface area (Å²) in [6.07, 6.45) is 0. The molecule has 0 aromatic carbocycles. The molecule has 0 spiro atoms. The molecule has 5 nitrogen and oxygen atoms in total. The van der Waals surface area contributed by atoms with Crippen molar-refractivity contribution in [2.75, 3.05) is 21.0 Å². The second kappa shape index (κ2) is 6.80. The maximum Gasteiger partial charge on any atom is 0.217 e. The van der Waals surface area contributed by atoms with Crippen LogP contribution in [-0.2, 0) is 24.6 Å². The van der Waals surface area contributed by atoms with E-state index in [1.54, 1.807) is 0 Å². The molecule has 0 saturated heterocycles. The molecule has 0 atom stereocenters. The fourth-order valence-electron chi connectivity index (χ4n) is 0.136. The van der Waals surface area contributed by atoms with Crippen LogP contribution in [0.15, 0.2) is 0 Å². The van der Waals surface area contributed by atoms with Crippen molar-refractivity contribution < 1.29 is 24.6 Å². The van der Waals surface area contributed by atoms with Crippen molar-refractivity contribution >= 4 is 0 Å². The molecule has 0 unspecified atom stereocenters. The minimum atomic E-state index is -0.121. The van der Waals surface area contributed by atoms with Gasteiger partial charge in [-0.2, -0.15) is 4.89 Å². The highest BCUT2D eigenvalue weighted by atomic mass is 17.5. The minimum absolute atomic E-state index is 0.121. The first-order valence-corrected chi connectivity index (χ1v) is 1.89. The lowest BCUT2D eigenvalue weighted by Crippen LogP contribution is -1.98. The van der Waals surface area contributed by atoms with Crippen molar-refractivity contribution in [1.82, 2.24) is 0 Å². The second-order valence-electron chi connectivity index (χ2n) is 0.755. The highest BCUT2D eigenvalue weighted by Gasteiger charge is 1.82. The summed E-state index contributed by atoms with van der Waals surface area (Å²) < 4.78 is 0. The summed E-state index contributed by atoms with van der Waals surface area (Å²) in [5.74, 6) is 0. The zero-order valence-corrected chi connectivity index (χ0v) is 4.75. The molecular weight excluding hydrogens is 116 g/mol. The van der Waals surface area contributed by atoms with E-state index in [4.69, 9.17) is 0 Å². The van der Waals surface area contributed by atoms with Gasteiger partial charge in [0, 0.05) is 0 Å². The second-order valence-corrected chi connectivity index (χ2v) is 0.755. The van der Waals surface area contributed by atoms with Crippen LogP contribution >= 0.6 is 0 Å². The Morgan fingerprint density at radius 3 is 2.25 bits per heavy atom. The molecule has 0 fully saturated rings. The SMILES string of the molecule is COOCOOOC. The van der Waals surface area contributed by atoms with E-state index in [-0.39, 0.29) is 6.79 Å². The first-order valence-electron chi connectivity index (χ1n) is 1.89. The van der Waals surface area contributed by atoms with Gasteiger partial charge in [0.1, 0.15) is 0 Å². The van der Waals surface area contributed by atoms with Gasteiger partial charge in [-0.15, -0.1) is 0 Å². The summed E-state index contributed by atoms with van der Waals surface area (Å²) in [5, 5.41) is 3.93. The van der Waals surface area contributed by atoms with E-state index >= 15 is 0 Å². The molecule has 0 aliphatic carbocycles. The third kappa shape index (κ3) is 5.80. The number of hydrogen-bond donors (Lipinski definition) is 0. The van der Waals surface area contributed by atoms with Crippen LogP contribution in [0.2, 0.25) is 0 Å². The van der Waals surface area contributed by atoms with E-state index in [2.05, 4.69) is 24.6 Å². The average molecular weight is 124 g/mol. The predicted octanol–water partition coefficient (Wildman–Crippen LogP) is 0.0315. The summed E-state index contributed by atoms with van der Waals surface area (Å²) in [4.78, 5) is 16.5. The van der Waals surface area contributed by atoms with Crippen molar-refractivity contribution in [1.29, 1.82) is 0 Å². The Morgan fingerprint density at radius 2 is 1.75 bits per heavy atom. The molecule has 0 aliphatic heterocycles. The monoisotopic (exact) mass is 124 g/mol. The third-order valence-corrected chi connectivity index (χ3v) is 0.330. The van der Waals surface area contributed by atoms with Gasteiger partial charge in [0.2, 0.25) is 6.79 Å². The van der Waals surface area contributed by atoms with Crippen molar-refractivity contribution in [3.05, 3.63) is 0 Å². The van der Waals surface area contributed by atoms with E-state index in [0.29, 0.717) is 0 Å². The molecule has 0 saturated carbocycles. The van der Waals surface area contributed by atoms with Gasteiger partial charge in [0.15, 0.2) is 0 Å². The summed E-state index contributed by atoms with van der Waals surface area (Å²) >= 11 is 0. The standard InChI is InChI=1S/C3H8O5/c1-4-6-3-7-8-5-2/h3H2,1-2H3. The Balaban J connectivity index is 2.53. The van der Waals surface area contributed by atoms with Crippen LogP contribution in [0.3, 0.4) is 0 Å². The zero-order chi connectivity index (χ0) is 6.24. The van der Waals surface area contributed by atoms with Crippen molar-refractivity contribution in [3.8, 4) is 0 Å². The van der Waals surface area contributed by atoms with Crippen LogP contribution in [-0.4, -0.2) is 21.0 Å². The van der Waals surface area contributed by atoms with Gasteiger partial charge in [-0.25, -0.2) is 14.7 Å². The highest BCUT2D eigenvalue weighted by Crippen LogP contribution is 1.78. The van der Waals surface area contributed by atoms with E-state index in [1.807, 2.05) is 0 Å². The van der Waals surface area contributed by atoms with Crippen molar-refractivity contribution in [2.24, 2.45) is 0 Å². The molecule has 0 bridgehead atoms. The van der Waals surface area contributed by atoms with E-state index in [0.717, 1.165) is 0 Å². The number of hydrogen-bond acceptors (Lipinski definition) is 5. The molecule has 0 aromatic heterocycles. The maximum absolute atomic E-state index is 4.21. The smallest absolute Gasteiger partial charge is 0.217 e. The Bertz CT molecular complexity index is 32.7. The van der Waals surface area contributed by atoms with E-state index in [9.17, 15) is 0 Å². The fraction of sp³-hybridized carbons (Fsp3) is 1.00. The van der Waals surface area contributed by atoms with E-state index < -0.39 is 0 Å². The molecule has 0 heterocycles. The summed E-state index contributed by atoms with van der Waals surface area (Å²) in [5.41, 5.74) is 0. The first-order chi connectivity index (χ1) is 3.91. The van der Waals surface area contributed by atoms with Gasteiger partial charge in [-0.3, -0.25) is 0 Å². The fourth-order valence-corrected chi connectivity index (χ4v) is 0.136. The zero-order valence-electron chi connectivity index (χ0n) is 4.75. The third-order valence-electron chi connectivity index (χ3n) is 0.330. The normalized spacial score (nSPS) is 9.75. The van der Waals surface area contributed by atoms with Crippen LogP contribution in [0.1, 0.15) is 0 Å². The summed E-state index contributed by atoms with van der Waals surface area (Å²) in [6, 6.07) is 0. The van der Waals surface area contributed by atoms with Gasteiger partial charge in [-0.1, -0.05) is 5.04 Å². The Labute approximate surface area is 46.8 Å². The van der Waals surface area contributed by atoms with Crippen molar-refractivity contribution in [3.63, 3.8) is 0 Å². The summed E-state index contributed by atoms with van der Waals surface area (Å²) in [6.45, 7) is -0.121. The Morgan fingerprint density at radius 1 is 1.00 bits per heavy atom. The minimum Gasteiger partial charge on any atom is -0.238 e. The topological polar surface area (TPSA) is 46.2 Å². The highest BCUT2D eigenvalue weighted by molar-refractivity contribution is 3.72. The molecule has 0 aliphatic rings. The molecule has 8 heavy (non-hydrogen) atoms. The lowest BCUT2D eigenvalue weighted by Gasteiger charge is -1.96. The van der Waals surface area contributed by atoms with Crippen LogP contribution < -0.4 is 0 Å². The molecule has 0 aromatic rings. The predicted molar refractivity (Wildman–Crippen MR) is 22.1 cm³/mol. The molecule has 0 amide bonds. The quantitative estimate of drug-likeness (QED) is 0.224. The summed E-state index contributed by atoms with van der Waals surface area (Å²) in [7, 11) is 2.67. The molecule has 5 heteroatoms. The van der Waals surface area contributed by atoms with Crippen LogP contribution in [0.25, 0.3) is 0 Å². The first kappa shape index (κ1) is 7.80. The Hall–Kier alpha value is -0.200. The Kier molecular flexibility index (Phi) is 6.63. The van der Waals surface area contributed by atoms with Gasteiger partial charge in [-0.05, 0) is 0 Å². The van der Waals surface area contributed by atoms with E-state index in [1.165, 1.54) is 14.2 Å². The molecule has 50 valence electrons.